The Kier molecular flexibility index (Phi) is 10.5. The number of carbonyl (C=O) groups excluding carboxylic acids is 5. The zero-order valence-corrected chi connectivity index (χ0v) is 27.0. The van der Waals surface area contributed by atoms with Gasteiger partial charge in [-0.05, 0) is 33.7 Å². The molecule has 7 amide bonds. The summed E-state index contributed by atoms with van der Waals surface area (Å²) in [5, 5.41) is 39.6. The third-order valence-electron chi connectivity index (χ3n) is 7.34. The number of imide groups is 1. The Morgan fingerprint density at radius 1 is 1.18 bits per heavy atom. The van der Waals surface area contributed by atoms with Gasteiger partial charge in [0, 0.05) is 37.3 Å². The van der Waals surface area contributed by atoms with Gasteiger partial charge in [-0.1, -0.05) is 23.9 Å². The minimum absolute atomic E-state index is 0.0440. The maximum atomic E-state index is 13.7. The SMILES string of the molecule is Cn1nnnc1SCC1=C(C(=O)O)N2C(=O)[C@@H](NC(=O)[C@H](NC(=O)N3CCNC3=O)c3ccc(NC(=O)OC[C@@H](N)C(=O)O)cc3)[C@@H]2SC1. The zero-order chi connectivity index (χ0) is 35.4. The topological polar surface area (TPSA) is 293 Å². The van der Waals surface area contributed by atoms with Gasteiger partial charge in [0.05, 0.1) is 0 Å². The van der Waals surface area contributed by atoms with Crippen LogP contribution < -0.4 is 27.0 Å². The minimum atomic E-state index is -1.44. The van der Waals surface area contributed by atoms with Crippen LogP contribution in [0.25, 0.3) is 0 Å². The highest BCUT2D eigenvalue weighted by atomic mass is 32.2. The minimum Gasteiger partial charge on any atom is -0.480 e. The van der Waals surface area contributed by atoms with Crippen molar-refractivity contribution in [1.82, 2.24) is 46.0 Å². The Morgan fingerprint density at radius 3 is 2.53 bits per heavy atom. The van der Waals surface area contributed by atoms with Crippen molar-refractivity contribution in [1.29, 1.82) is 0 Å². The number of hydrogen-bond donors (Lipinski definition) is 7. The smallest absolute Gasteiger partial charge is 0.411 e. The van der Waals surface area contributed by atoms with E-state index >= 15 is 0 Å². The molecule has 1 aromatic carbocycles. The number of rotatable bonds is 12. The number of carboxylic acids is 2. The number of β-lactam (4-membered cyclic amide) rings is 1. The van der Waals surface area contributed by atoms with Crippen LogP contribution in [0.1, 0.15) is 11.6 Å². The van der Waals surface area contributed by atoms with E-state index in [0.29, 0.717) is 10.7 Å². The molecule has 5 rings (SSSR count). The van der Waals surface area contributed by atoms with E-state index in [9.17, 15) is 38.7 Å². The standard InChI is InChI=1S/C26H29N11O10S2/c1-35-25(32-33-34-35)49-10-12-9-48-20-16(19(39)37(20)17(12)22(42)43)30-18(38)15(31-24(45)36-7-6-28-23(36)44)11-2-4-13(5-3-11)29-26(46)47-8-14(27)21(40)41/h2-5,14-16,20H,6-10,27H2,1H3,(H,28,44)(H,29,46)(H,30,38)(H,31,45)(H,40,41)(H,42,43)/t14-,15-,16-,20+/m1/s1. The van der Waals surface area contributed by atoms with Gasteiger partial charge in [-0.3, -0.25) is 24.6 Å². The number of carboxylic acid groups (broad SMARTS) is 2. The molecule has 1 aromatic heterocycles. The second-order valence-electron chi connectivity index (χ2n) is 10.6. The van der Waals surface area contributed by atoms with Crippen LogP contribution in [-0.4, -0.2) is 131 Å². The quantitative estimate of drug-likeness (QED) is 0.0968. The number of anilines is 1. The Labute approximate surface area is 284 Å². The number of aliphatic carboxylic acids is 2. The molecule has 49 heavy (non-hydrogen) atoms. The van der Waals surface area contributed by atoms with Crippen molar-refractivity contribution in [3.63, 3.8) is 0 Å². The van der Waals surface area contributed by atoms with Crippen molar-refractivity contribution >= 4 is 71.1 Å². The second kappa shape index (κ2) is 14.8. The monoisotopic (exact) mass is 719 g/mol. The van der Waals surface area contributed by atoms with Gasteiger partial charge in [0.25, 0.3) is 5.91 Å². The first kappa shape index (κ1) is 34.9. The van der Waals surface area contributed by atoms with Gasteiger partial charge < -0.3 is 36.6 Å². The molecule has 0 bridgehead atoms. The van der Waals surface area contributed by atoms with E-state index in [1.807, 2.05) is 0 Å². The van der Waals surface area contributed by atoms with Gasteiger partial charge >= 0.3 is 30.1 Å². The van der Waals surface area contributed by atoms with Crippen molar-refractivity contribution in [2.45, 2.75) is 28.7 Å². The predicted octanol–water partition coefficient (Wildman–Crippen LogP) is -1.52. The highest BCUT2D eigenvalue weighted by Gasteiger charge is 2.54. The van der Waals surface area contributed by atoms with Crippen LogP contribution in [0.15, 0.2) is 40.7 Å². The van der Waals surface area contributed by atoms with E-state index in [1.165, 1.54) is 52.5 Å². The molecule has 2 saturated heterocycles. The number of aromatic nitrogens is 4. The fraction of sp³-hybridized carbons (Fsp3) is 0.385. The van der Waals surface area contributed by atoms with Crippen LogP contribution in [-0.2, 0) is 31.0 Å². The first-order chi connectivity index (χ1) is 23.3. The molecule has 23 heteroatoms. The molecule has 3 aliphatic heterocycles. The molecule has 0 unspecified atom stereocenters. The number of nitrogens with two attached hydrogens (primary N) is 1. The number of urea groups is 2. The summed E-state index contributed by atoms with van der Waals surface area (Å²) in [6.45, 7) is -0.335. The predicted molar refractivity (Wildman–Crippen MR) is 168 cm³/mol. The number of thioether (sulfide) groups is 2. The highest BCUT2D eigenvalue weighted by Crippen LogP contribution is 2.41. The van der Waals surface area contributed by atoms with Crippen LogP contribution in [0.2, 0.25) is 0 Å². The molecule has 2 fully saturated rings. The number of fused-ring (bicyclic) bond motifs is 1. The summed E-state index contributed by atoms with van der Waals surface area (Å²) in [7, 11) is 1.63. The van der Waals surface area contributed by atoms with E-state index < -0.39 is 72.0 Å². The molecular formula is C26H29N11O10S2. The summed E-state index contributed by atoms with van der Waals surface area (Å²) >= 11 is 2.45. The second-order valence-corrected chi connectivity index (χ2v) is 12.6. The van der Waals surface area contributed by atoms with Crippen molar-refractivity contribution < 1.29 is 48.5 Å². The molecule has 0 saturated carbocycles. The van der Waals surface area contributed by atoms with Gasteiger partial charge in [0.1, 0.15) is 35.8 Å². The molecule has 4 heterocycles. The number of nitrogens with one attached hydrogen (secondary N) is 4. The molecule has 0 spiro atoms. The molecule has 260 valence electrons. The maximum absolute atomic E-state index is 13.7. The molecule has 8 N–H and O–H groups in total. The summed E-state index contributed by atoms with van der Waals surface area (Å²) < 4.78 is 6.20. The van der Waals surface area contributed by atoms with Crippen LogP contribution in [0.4, 0.5) is 20.1 Å². The van der Waals surface area contributed by atoms with Crippen molar-refractivity contribution in [3.8, 4) is 0 Å². The summed E-state index contributed by atoms with van der Waals surface area (Å²) in [5.74, 6) is -3.73. The number of amides is 7. The molecule has 0 aliphatic carbocycles. The Hall–Kier alpha value is -5.42. The van der Waals surface area contributed by atoms with E-state index in [0.717, 1.165) is 9.80 Å². The fourth-order valence-electron chi connectivity index (χ4n) is 4.84. The largest absolute Gasteiger partial charge is 0.480 e. The van der Waals surface area contributed by atoms with Gasteiger partial charge in [-0.25, -0.2) is 28.8 Å². The molecule has 4 atom stereocenters. The van der Waals surface area contributed by atoms with E-state index in [4.69, 9.17) is 15.6 Å². The number of hydrogen-bond acceptors (Lipinski definition) is 14. The number of tetrazole rings is 1. The van der Waals surface area contributed by atoms with E-state index in [-0.39, 0.29) is 41.5 Å². The number of nitrogens with zero attached hydrogens (tertiary/aromatic N) is 6. The average Bonchev–Trinajstić information content (AvgIpc) is 3.70. The highest BCUT2D eigenvalue weighted by molar-refractivity contribution is 8.01. The van der Waals surface area contributed by atoms with Crippen LogP contribution >= 0.6 is 23.5 Å². The fourth-order valence-corrected chi connectivity index (χ4v) is 7.18. The maximum Gasteiger partial charge on any atom is 0.411 e. The number of aryl methyl sites for hydroxylation is 1. The number of ether oxygens (including phenoxy) is 1. The third kappa shape index (κ3) is 7.68. The third-order valence-corrected chi connectivity index (χ3v) is 9.77. The van der Waals surface area contributed by atoms with Crippen molar-refractivity contribution in [2.24, 2.45) is 12.8 Å². The Morgan fingerprint density at radius 2 is 1.92 bits per heavy atom. The molecule has 21 nitrogen and oxygen atoms in total. The Bertz CT molecular complexity index is 1720. The summed E-state index contributed by atoms with van der Waals surface area (Å²) in [4.78, 5) is 89.2. The average molecular weight is 720 g/mol. The summed E-state index contributed by atoms with van der Waals surface area (Å²) in [6, 6.07) is -0.0285. The molecule has 0 radical (unpaired) electrons. The lowest BCUT2D eigenvalue weighted by Crippen LogP contribution is -2.71. The number of benzene rings is 1. The van der Waals surface area contributed by atoms with Crippen molar-refractivity contribution in [3.05, 3.63) is 41.1 Å². The van der Waals surface area contributed by atoms with Crippen LogP contribution in [0, 0.1) is 0 Å². The summed E-state index contributed by atoms with van der Waals surface area (Å²) in [5.41, 5.74) is 5.97. The van der Waals surface area contributed by atoms with E-state index in [1.54, 1.807) is 7.05 Å². The lowest BCUT2D eigenvalue weighted by molar-refractivity contribution is -0.151. The normalized spacial score (nSPS) is 19.6. The van der Waals surface area contributed by atoms with Crippen molar-refractivity contribution in [2.75, 3.05) is 36.5 Å². The van der Waals surface area contributed by atoms with Crippen LogP contribution in [0.5, 0.6) is 0 Å². The summed E-state index contributed by atoms with van der Waals surface area (Å²) in [6.07, 6.45) is -0.993. The van der Waals surface area contributed by atoms with Gasteiger partial charge in [-0.15, -0.1) is 16.9 Å². The first-order valence-electron chi connectivity index (χ1n) is 14.3. The zero-order valence-electron chi connectivity index (χ0n) is 25.4. The lowest BCUT2D eigenvalue weighted by atomic mass is 10.0. The Balaban J connectivity index is 1.29. The van der Waals surface area contributed by atoms with Gasteiger partial charge in [0.2, 0.25) is 11.1 Å². The molecule has 3 aliphatic rings. The molecular weight excluding hydrogens is 690 g/mol. The lowest BCUT2D eigenvalue weighted by Gasteiger charge is -2.49. The van der Waals surface area contributed by atoms with Gasteiger partial charge in [-0.2, -0.15) is 0 Å². The first-order valence-corrected chi connectivity index (χ1v) is 16.3. The van der Waals surface area contributed by atoms with Gasteiger partial charge in [0.15, 0.2) is 0 Å². The van der Waals surface area contributed by atoms with E-state index in [2.05, 4.69) is 36.8 Å². The van der Waals surface area contributed by atoms with Crippen LogP contribution in [0.3, 0.4) is 0 Å². The molecule has 2 aromatic rings. The number of carbonyl (C=O) groups is 7.